The Balaban J connectivity index is 1.60. The fourth-order valence-electron chi connectivity index (χ4n) is 3.10. The molecule has 4 heterocycles. The molecule has 0 bridgehead atoms. The second kappa shape index (κ2) is 6.24. The Morgan fingerprint density at radius 2 is 2.40 bits per heavy atom. The van der Waals surface area contributed by atoms with Gasteiger partial charge in [-0.05, 0) is 6.07 Å². The molecule has 25 heavy (non-hydrogen) atoms. The number of amides is 1. The van der Waals surface area contributed by atoms with Crippen molar-refractivity contribution in [2.24, 2.45) is 0 Å². The van der Waals surface area contributed by atoms with E-state index in [4.69, 9.17) is 10.00 Å². The van der Waals surface area contributed by atoms with E-state index >= 15 is 0 Å². The number of carbonyl (C=O) groups is 1. The van der Waals surface area contributed by atoms with Gasteiger partial charge in [-0.15, -0.1) is 0 Å². The number of carbonyl (C=O) groups excluding carboxylic acids is 1. The van der Waals surface area contributed by atoms with Gasteiger partial charge in [-0.3, -0.25) is 0 Å². The van der Waals surface area contributed by atoms with Crippen molar-refractivity contribution in [3.8, 4) is 6.07 Å². The van der Waals surface area contributed by atoms with Crippen LogP contribution in [0.1, 0.15) is 6.42 Å². The van der Waals surface area contributed by atoms with Gasteiger partial charge in [0.15, 0.2) is 0 Å². The lowest BCUT2D eigenvalue weighted by molar-refractivity contribution is 0.109. The Morgan fingerprint density at radius 1 is 1.48 bits per heavy atom. The zero-order valence-electron chi connectivity index (χ0n) is 13.3. The van der Waals surface area contributed by atoms with Crippen LogP contribution in [-0.2, 0) is 4.74 Å². The molecular formula is C16H15N7O2. The zero-order chi connectivity index (χ0) is 17.2. The van der Waals surface area contributed by atoms with Gasteiger partial charge in [0.25, 0.3) is 0 Å². The minimum atomic E-state index is -0.571. The molecule has 1 aliphatic rings. The summed E-state index contributed by atoms with van der Waals surface area (Å²) in [5.74, 6) is 0.806. The molecule has 0 radical (unpaired) electrons. The molecule has 1 atom stereocenters. The highest BCUT2D eigenvalue weighted by Gasteiger charge is 2.28. The number of rotatable bonds is 3. The zero-order valence-corrected chi connectivity index (χ0v) is 13.3. The van der Waals surface area contributed by atoms with Gasteiger partial charge >= 0.3 is 6.09 Å². The third kappa shape index (κ3) is 2.78. The van der Waals surface area contributed by atoms with Crippen LogP contribution < -0.4 is 10.2 Å². The lowest BCUT2D eigenvalue weighted by atomic mass is 10.2. The number of aromatic nitrogens is 4. The number of nitriles is 1. The van der Waals surface area contributed by atoms with Crippen molar-refractivity contribution in [2.75, 3.05) is 24.5 Å². The first-order valence-electron chi connectivity index (χ1n) is 7.89. The highest BCUT2D eigenvalue weighted by atomic mass is 16.6. The lowest BCUT2D eigenvalue weighted by Gasteiger charge is -2.19. The fraction of sp³-hybridized carbons (Fsp3) is 0.312. The van der Waals surface area contributed by atoms with Gasteiger partial charge < -0.3 is 19.9 Å². The summed E-state index contributed by atoms with van der Waals surface area (Å²) in [6.45, 7) is 1.20. The Kier molecular flexibility index (Phi) is 3.78. The first-order valence-corrected chi connectivity index (χ1v) is 7.89. The van der Waals surface area contributed by atoms with Crippen molar-refractivity contribution < 1.29 is 9.53 Å². The van der Waals surface area contributed by atoms with Gasteiger partial charge in [0.05, 0.1) is 29.7 Å². The molecule has 1 saturated heterocycles. The van der Waals surface area contributed by atoms with Crippen molar-refractivity contribution in [3.05, 3.63) is 24.8 Å². The quantitative estimate of drug-likeness (QED) is 0.692. The van der Waals surface area contributed by atoms with E-state index in [-0.39, 0.29) is 12.6 Å². The molecule has 126 valence electrons. The topological polar surface area (TPSA) is 120 Å². The van der Waals surface area contributed by atoms with Gasteiger partial charge in [0, 0.05) is 24.5 Å². The standard InChI is InChI=1S/C16H15N7O2/c17-3-5-19-16(24)25-10-2-6-23(8-10)15-13-11-1-4-18-14(11)20-7-12(13)21-9-22-15/h1,4,7,9-10H,2,5-6,8H2,(H,18,20)(H,19,24). The van der Waals surface area contributed by atoms with E-state index in [0.717, 1.165) is 34.3 Å². The van der Waals surface area contributed by atoms with E-state index in [1.54, 1.807) is 6.20 Å². The molecule has 1 amide bonds. The summed E-state index contributed by atoms with van der Waals surface area (Å²) in [4.78, 5) is 29.9. The molecular weight excluding hydrogens is 322 g/mol. The van der Waals surface area contributed by atoms with Crippen LogP contribution in [0.2, 0.25) is 0 Å². The monoisotopic (exact) mass is 337 g/mol. The van der Waals surface area contributed by atoms with Crippen LogP contribution in [0.5, 0.6) is 0 Å². The van der Waals surface area contributed by atoms with E-state index < -0.39 is 6.09 Å². The third-order valence-electron chi connectivity index (χ3n) is 4.20. The summed E-state index contributed by atoms with van der Waals surface area (Å²) in [6.07, 6.45) is 4.96. The average molecular weight is 337 g/mol. The molecule has 2 N–H and O–H groups in total. The Morgan fingerprint density at radius 3 is 3.28 bits per heavy atom. The number of nitrogens with zero attached hydrogens (tertiary/aromatic N) is 5. The van der Waals surface area contributed by atoms with Crippen LogP contribution in [0.25, 0.3) is 21.9 Å². The highest BCUT2D eigenvalue weighted by molar-refractivity contribution is 6.08. The van der Waals surface area contributed by atoms with Crippen LogP contribution in [0, 0.1) is 11.3 Å². The molecule has 9 heteroatoms. The van der Waals surface area contributed by atoms with Gasteiger partial charge in [0.1, 0.15) is 30.4 Å². The van der Waals surface area contributed by atoms with Gasteiger partial charge in [0.2, 0.25) is 0 Å². The van der Waals surface area contributed by atoms with Gasteiger partial charge in [-0.1, -0.05) is 0 Å². The summed E-state index contributed by atoms with van der Waals surface area (Å²) in [5.41, 5.74) is 1.56. The number of fused-ring (bicyclic) bond motifs is 3. The summed E-state index contributed by atoms with van der Waals surface area (Å²) in [7, 11) is 0. The van der Waals surface area contributed by atoms with Crippen LogP contribution in [0.3, 0.4) is 0 Å². The number of hydrogen-bond acceptors (Lipinski definition) is 7. The second-order valence-corrected chi connectivity index (χ2v) is 5.73. The number of ether oxygens (including phenoxy) is 1. The molecule has 1 aliphatic heterocycles. The molecule has 0 aromatic carbocycles. The predicted molar refractivity (Wildman–Crippen MR) is 89.9 cm³/mol. The van der Waals surface area contributed by atoms with Crippen molar-refractivity contribution in [1.29, 1.82) is 5.26 Å². The van der Waals surface area contributed by atoms with E-state index in [2.05, 4.69) is 30.2 Å². The number of hydrogen-bond donors (Lipinski definition) is 2. The average Bonchev–Trinajstić information content (AvgIpc) is 3.28. The predicted octanol–water partition coefficient (Wildman–Crippen LogP) is 1.33. The first kappa shape index (κ1) is 15.1. The van der Waals surface area contributed by atoms with E-state index in [9.17, 15) is 4.79 Å². The van der Waals surface area contributed by atoms with Crippen molar-refractivity contribution >= 4 is 33.8 Å². The van der Waals surface area contributed by atoms with Crippen LogP contribution in [-0.4, -0.2) is 51.8 Å². The van der Waals surface area contributed by atoms with Crippen molar-refractivity contribution in [1.82, 2.24) is 25.3 Å². The molecule has 0 spiro atoms. The number of nitrogens with one attached hydrogen (secondary N) is 2. The van der Waals surface area contributed by atoms with Crippen LogP contribution in [0.15, 0.2) is 24.8 Å². The largest absolute Gasteiger partial charge is 0.444 e. The van der Waals surface area contributed by atoms with E-state index in [1.807, 2.05) is 18.3 Å². The number of pyridine rings is 1. The second-order valence-electron chi connectivity index (χ2n) is 5.73. The molecule has 3 aromatic rings. The Hall–Kier alpha value is -3.41. The molecule has 1 fully saturated rings. The minimum Gasteiger partial charge on any atom is -0.444 e. The summed E-state index contributed by atoms with van der Waals surface area (Å²) >= 11 is 0. The van der Waals surface area contributed by atoms with Crippen LogP contribution >= 0.6 is 0 Å². The summed E-state index contributed by atoms with van der Waals surface area (Å²) in [6, 6.07) is 3.80. The Labute approximate surface area is 142 Å². The SMILES string of the molecule is N#CCNC(=O)OC1CCN(c2ncnc3cnc4[nH]ccc4c23)C1. The summed E-state index contributed by atoms with van der Waals surface area (Å²) < 4.78 is 5.34. The first-order chi connectivity index (χ1) is 12.3. The van der Waals surface area contributed by atoms with Crippen molar-refractivity contribution in [3.63, 3.8) is 0 Å². The van der Waals surface area contributed by atoms with E-state index in [0.29, 0.717) is 13.0 Å². The maximum absolute atomic E-state index is 11.6. The third-order valence-corrected chi connectivity index (χ3v) is 4.20. The van der Waals surface area contributed by atoms with Crippen LogP contribution in [0.4, 0.5) is 10.6 Å². The number of alkyl carbamates (subject to hydrolysis) is 1. The number of anilines is 1. The lowest BCUT2D eigenvalue weighted by Crippen LogP contribution is -2.31. The Bertz CT molecular complexity index is 977. The maximum Gasteiger partial charge on any atom is 0.408 e. The smallest absolute Gasteiger partial charge is 0.408 e. The normalized spacial score (nSPS) is 16.9. The van der Waals surface area contributed by atoms with E-state index in [1.165, 1.54) is 6.33 Å². The number of H-pyrrole nitrogens is 1. The van der Waals surface area contributed by atoms with Gasteiger partial charge in [-0.25, -0.2) is 19.7 Å². The number of aromatic amines is 1. The highest BCUT2D eigenvalue weighted by Crippen LogP contribution is 2.31. The summed E-state index contributed by atoms with van der Waals surface area (Å²) in [5, 5.41) is 12.8. The molecule has 3 aromatic heterocycles. The van der Waals surface area contributed by atoms with Gasteiger partial charge in [-0.2, -0.15) is 5.26 Å². The van der Waals surface area contributed by atoms with Crippen molar-refractivity contribution in [2.45, 2.75) is 12.5 Å². The maximum atomic E-state index is 11.6. The molecule has 0 saturated carbocycles. The minimum absolute atomic E-state index is 0.0652. The molecule has 9 nitrogen and oxygen atoms in total. The molecule has 1 unspecified atom stereocenters. The molecule has 4 rings (SSSR count). The fourth-order valence-corrected chi connectivity index (χ4v) is 3.10. The molecule has 0 aliphatic carbocycles.